The molecule has 0 spiro atoms. The predicted octanol–water partition coefficient (Wildman–Crippen LogP) is 4.38. The molecule has 5 aliphatic rings. The summed E-state index contributed by atoms with van der Waals surface area (Å²) in [5, 5.41) is 13.6. The number of alkyl halides is 2. The summed E-state index contributed by atoms with van der Waals surface area (Å²) in [6.45, 7) is 4.47. The van der Waals surface area contributed by atoms with Crippen LogP contribution < -0.4 is 21.2 Å². The number of hydrogen-bond acceptors (Lipinski definition) is 11. The molecule has 1 unspecified atom stereocenters. The molecule has 4 aromatic heterocycles. The van der Waals surface area contributed by atoms with E-state index in [0.717, 1.165) is 89.9 Å². The summed E-state index contributed by atoms with van der Waals surface area (Å²) in [5.74, 6) is 6.11. The SMILES string of the molecule is Cn1c(=O)n(C2CCC(=O)NC2=O)c2cccc(C#CCOC3CCN(C[C@H]4CC[C@H](n5cc(NC(=O)c6cnn7ccc(N8C[C@H]9CC[C@@H](C8)O9)nc67)c(C(F)F)n5)CC4)CC3)c21. The van der Waals surface area contributed by atoms with Crippen molar-refractivity contribution >= 4 is 45.9 Å². The Morgan fingerprint density at radius 1 is 1.02 bits per heavy atom. The number of anilines is 2. The third kappa shape index (κ3) is 8.29. The molecule has 19 heteroatoms. The van der Waals surface area contributed by atoms with Crippen LogP contribution in [-0.2, 0) is 26.1 Å². The van der Waals surface area contributed by atoms with Crippen LogP contribution in [0.1, 0.15) is 104 Å². The molecule has 4 aliphatic heterocycles. The summed E-state index contributed by atoms with van der Waals surface area (Å²) in [5.41, 5.74) is 1.63. The van der Waals surface area contributed by atoms with Crippen LogP contribution in [0.2, 0.25) is 0 Å². The number of rotatable bonds is 10. The van der Waals surface area contributed by atoms with Gasteiger partial charge in [0.25, 0.3) is 12.3 Å². The van der Waals surface area contributed by atoms with Crippen molar-refractivity contribution in [3.05, 3.63) is 70.2 Å². The lowest BCUT2D eigenvalue weighted by atomic mass is 9.85. The number of hydrogen-bond donors (Lipinski definition) is 2. The molecule has 3 atom stereocenters. The Hall–Kier alpha value is -5.97. The highest BCUT2D eigenvalue weighted by atomic mass is 19.3. The van der Waals surface area contributed by atoms with E-state index in [2.05, 4.69) is 42.5 Å². The molecule has 2 N–H and O–H groups in total. The van der Waals surface area contributed by atoms with Crippen molar-refractivity contribution in [2.75, 3.05) is 49.5 Å². The fourth-order valence-electron chi connectivity index (χ4n) is 10.3. The van der Waals surface area contributed by atoms with E-state index in [1.165, 1.54) is 26.0 Å². The first kappa shape index (κ1) is 42.0. The predicted molar refractivity (Wildman–Crippen MR) is 230 cm³/mol. The zero-order valence-electron chi connectivity index (χ0n) is 35.6. The van der Waals surface area contributed by atoms with Gasteiger partial charge in [0.1, 0.15) is 24.0 Å². The number of nitrogens with zero attached hydrogens (tertiary/aromatic N) is 9. The van der Waals surface area contributed by atoms with Crippen LogP contribution in [0.25, 0.3) is 16.7 Å². The third-order valence-corrected chi connectivity index (χ3v) is 13.7. The van der Waals surface area contributed by atoms with E-state index in [1.54, 1.807) is 24.0 Å². The Morgan fingerprint density at radius 3 is 2.55 bits per heavy atom. The van der Waals surface area contributed by atoms with Crippen molar-refractivity contribution in [1.82, 2.24) is 43.7 Å². The number of aromatic nitrogens is 7. The Morgan fingerprint density at radius 2 is 1.80 bits per heavy atom. The zero-order valence-corrected chi connectivity index (χ0v) is 35.6. The summed E-state index contributed by atoms with van der Waals surface area (Å²) in [6.07, 6.45) is 9.99. The summed E-state index contributed by atoms with van der Waals surface area (Å²) in [6, 6.07) is 6.50. The number of nitrogens with one attached hydrogen (secondary N) is 2. The first-order chi connectivity index (χ1) is 31.1. The van der Waals surface area contributed by atoms with Crippen LogP contribution in [0.3, 0.4) is 0 Å². The summed E-state index contributed by atoms with van der Waals surface area (Å²) in [7, 11) is 1.66. The molecule has 8 heterocycles. The van der Waals surface area contributed by atoms with E-state index in [9.17, 15) is 28.0 Å². The molecule has 3 amide bonds. The van der Waals surface area contributed by atoms with E-state index in [1.807, 2.05) is 18.2 Å². The Balaban J connectivity index is 0.699. The number of carbonyl (C=O) groups is 3. The molecule has 4 saturated heterocycles. The van der Waals surface area contributed by atoms with E-state index < -0.39 is 30.0 Å². The third-order valence-electron chi connectivity index (χ3n) is 13.7. The highest BCUT2D eigenvalue weighted by Gasteiger charge is 2.35. The molecule has 0 radical (unpaired) electrons. The second kappa shape index (κ2) is 17.5. The smallest absolute Gasteiger partial charge is 0.329 e. The molecule has 5 fully saturated rings. The number of benzene rings is 1. The molecule has 17 nitrogen and oxygen atoms in total. The van der Waals surface area contributed by atoms with Gasteiger partial charge in [0.15, 0.2) is 11.3 Å². The van der Waals surface area contributed by atoms with Crippen molar-refractivity contribution in [2.24, 2.45) is 13.0 Å². The summed E-state index contributed by atoms with van der Waals surface area (Å²) in [4.78, 5) is 60.5. The fraction of sp³-hybridized carbons (Fsp3) is 0.533. The average molecular weight is 880 g/mol. The number of likely N-dealkylation sites (tertiary alicyclic amines) is 1. The number of ether oxygens (including phenoxy) is 2. The number of morpholine rings is 1. The van der Waals surface area contributed by atoms with Crippen LogP contribution in [0.5, 0.6) is 0 Å². The fourth-order valence-corrected chi connectivity index (χ4v) is 10.3. The first-order valence-corrected chi connectivity index (χ1v) is 22.4. The van der Waals surface area contributed by atoms with Crippen molar-refractivity contribution < 1.29 is 32.6 Å². The molecule has 1 aliphatic carbocycles. The van der Waals surface area contributed by atoms with Crippen molar-refractivity contribution in [3.63, 3.8) is 0 Å². The monoisotopic (exact) mass is 879 g/mol. The van der Waals surface area contributed by atoms with Crippen molar-refractivity contribution in [1.29, 1.82) is 0 Å². The van der Waals surface area contributed by atoms with Crippen LogP contribution in [0.4, 0.5) is 20.3 Å². The zero-order chi connectivity index (χ0) is 44.1. The van der Waals surface area contributed by atoms with E-state index in [4.69, 9.17) is 14.5 Å². The van der Waals surface area contributed by atoms with Gasteiger partial charge in [-0.2, -0.15) is 10.2 Å². The van der Waals surface area contributed by atoms with Gasteiger partial charge in [0, 0.05) is 58.6 Å². The Kier molecular flexibility index (Phi) is 11.5. The van der Waals surface area contributed by atoms with E-state index in [0.29, 0.717) is 28.2 Å². The molecular formula is C45H51F2N11O6. The number of piperidine rings is 2. The minimum atomic E-state index is -2.87. The maximum absolute atomic E-state index is 14.3. The molecule has 10 rings (SSSR count). The van der Waals surface area contributed by atoms with Gasteiger partial charge >= 0.3 is 5.69 Å². The molecule has 64 heavy (non-hydrogen) atoms. The number of amides is 3. The highest BCUT2D eigenvalue weighted by Crippen LogP contribution is 2.36. The van der Waals surface area contributed by atoms with Crippen molar-refractivity contribution in [2.45, 2.75) is 101 Å². The highest BCUT2D eigenvalue weighted by molar-refractivity contribution is 6.08. The summed E-state index contributed by atoms with van der Waals surface area (Å²) < 4.78 is 46.8. The van der Waals surface area contributed by atoms with Gasteiger partial charge in [-0.3, -0.25) is 33.5 Å². The molecule has 336 valence electrons. The van der Waals surface area contributed by atoms with E-state index in [-0.39, 0.29) is 66.7 Å². The van der Waals surface area contributed by atoms with Crippen molar-refractivity contribution in [3.8, 4) is 11.8 Å². The van der Waals surface area contributed by atoms with Gasteiger partial charge in [-0.15, -0.1) is 0 Å². The number of para-hydroxylation sites is 1. The van der Waals surface area contributed by atoms with Crippen LogP contribution in [-0.4, -0.2) is 114 Å². The van der Waals surface area contributed by atoms with Gasteiger partial charge < -0.3 is 24.6 Å². The second-order valence-electron chi connectivity index (χ2n) is 17.8. The van der Waals surface area contributed by atoms with Gasteiger partial charge in [-0.1, -0.05) is 17.9 Å². The first-order valence-electron chi connectivity index (χ1n) is 22.4. The maximum atomic E-state index is 14.3. The van der Waals surface area contributed by atoms with Gasteiger partial charge in [0.05, 0.1) is 52.8 Å². The number of aryl methyl sites for hydroxylation is 1. The molecular weight excluding hydrogens is 829 g/mol. The number of imide groups is 1. The Bertz CT molecular complexity index is 2700. The molecule has 5 aromatic rings. The quantitative estimate of drug-likeness (QED) is 0.151. The lowest BCUT2D eigenvalue weighted by molar-refractivity contribution is -0.135. The molecule has 2 bridgehead atoms. The average Bonchev–Trinajstić information content (AvgIpc) is 4.07. The minimum absolute atomic E-state index is 0.00973. The lowest BCUT2D eigenvalue weighted by Gasteiger charge is -2.36. The van der Waals surface area contributed by atoms with Crippen LogP contribution in [0, 0.1) is 17.8 Å². The van der Waals surface area contributed by atoms with Gasteiger partial charge in [0.2, 0.25) is 11.8 Å². The van der Waals surface area contributed by atoms with Gasteiger partial charge in [-0.05, 0) is 81.9 Å². The summed E-state index contributed by atoms with van der Waals surface area (Å²) >= 11 is 0. The van der Waals surface area contributed by atoms with Gasteiger partial charge in [-0.25, -0.2) is 23.1 Å². The van der Waals surface area contributed by atoms with Crippen LogP contribution in [0.15, 0.2) is 47.7 Å². The number of carbonyl (C=O) groups excluding carboxylic acids is 3. The van der Waals surface area contributed by atoms with E-state index >= 15 is 0 Å². The van der Waals surface area contributed by atoms with Crippen LogP contribution >= 0.6 is 0 Å². The number of fused-ring (bicyclic) bond motifs is 4. The Labute approximate surface area is 367 Å². The lowest BCUT2D eigenvalue weighted by Crippen LogP contribution is -2.44. The number of imidazole rings is 1. The minimum Gasteiger partial charge on any atom is -0.371 e. The molecule has 1 saturated carbocycles. The maximum Gasteiger partial charge on any atom is 0.329 e. The second-order valence-corrected chi connectivity index (χ2v) is 17.8. The standard InChI is InChI=1S/C45H51F2N11O6/c1-53-40-28(4-2-6-35(40)58(45(53)62)36-13-14-38(59)51-44(36)61)5-3-21-63-30-15-18-54(19-16-30)23-27-7-9-29(10-8-27)57-26-34(39(52-57)41(46)47)49-43(60)33-22-48-56-20-17-37(50-42(33)56)55-24-31-11-12-32(25-55)64-31/h2,4,6,17,20,22,26-27,29-32,36,41H,7-16,18-19,21,23-25H2,1H3,(H,49,60)(H,51,59,61)/t27-,29-,31-,32+,36?. The topological polar surface area (TPSA) is 175 Å². The largest absolute Gasteiger partial charge is 0.371 e. The molecule has 1 aromatic carbocycles. The normalized spacial score (nSPS) is 24.4. The number of halogens is 2.